The minimum Gasteiger partial charge on any atom is -0.378 e. The highest BCUT2D eigenvalue weighted by atomic mass is 32.1. The van der Waals surface area contributed by atoms with Crippen LogP contribution in [0.3, 0.4) is 0 Å². The van der Waals surface area contributed by atoms with E-state index in [0.717, 1.165) is 53.5 Å². The highest BCUT2D eigenvalue weighted by Gasteiger charge is 2.18. The van der Waals surface area contributed by atoms with Crippen LogP contribution in [-0.4, -0.2) is 50.6 Å². The van der Waals surface area contributed by atoms with E-state index in [4.69, 9.17) is 4.74 Å². The van der Waals surface area contributed by atoms with Gasteiger partial charge in [0.05, 0.1) is 35.7 Å². The molecule has 0 atom stereocenters. The number of rotatable bonds is 3. The molecule has 0 saturated carbocycles. The molecule has 120 valence electrons. The van der Waals surface area contributed by atoms with Crippen LogP contribution in [0.15, 0.2) is 24.8 Å². The zero-order chi connectivity index (χ0) is 15.8. The van der Waals surface area contributed by atoms with E-state index < -0.39 is 0 Å². The Hall–Kier alpha value is -2.19. The molecule has 7 nitrogen and oxygen atoms in total. The van der Waals surface area contributed by atoms with E-state index in [0.29, 0.717) is 0 Å². The number of hydrogen-bond acceptors (Lipinski definition) is 6. The second-order valence-electron chi connectivity index (χ2n) is 5.50. The highest BCUT2D eigenvalue weighted by molar-refractivity contribution is 7.18. The topological polar surface area (TPSA) is 61.0 Å². The molecule has 0 amide bonds. The molecule has 3 aromatic rings. The Morgan fingerprint density at radius 1 is 1.22 bits per heavy atom. The van der Waals surface area contributed by atoms with Crippen molar-refractivity contribution in [1.29, 1.82) is 0 Å². The van der Waals surface area contributed by atoms with Crippen molar-refractivity contribution in [3.05, 3.63) is 30.5 Å². The molecule has 23 heavy (non-hydrogen) atoms. The van der Waals surface area contributed by atoms with Gasteiger partial charge in [0, 0.05) is 38.7 Å². The van der Waals surface area contributed by atoms with Gasteiger partial charge in [-0.05, 0) is 6.92 Å². The summed E-state index contributed by atoms with van der Waals surface area (Å²) in [6, 6.07) is 0. The highest BCUT2D eigenvalue weighted by Crippen LogP contribution is 2.32. The largest absolute Gasteiger partial charge is 0.378 e. The number of thiazole rings is 1. The molecule has 0 spiro atoms. The van der Waals surface area contributed by atoms with Crippen molar-refractivity contribution in [2.24, 2.45) is 7.05 Å². The number of ether oxygens (including phenoxy) is 1. The first kappa shape index (κ1) is 14.4. The maximum Gasteiger partial charge on any atom is 0.186 e. The summed E-state index contributed by atoms with van der Waals surface area (Å²) in [4.78, 5) is 12.4. The fourth-order valence-corrected chi connectivity index (χ4v) is 3.73. The van der Waals surface area contributed by atoms with Crippen LogP contribution in [0.5, 0.6) is 0 Å². The van der Waals surface area contributed by atoms with Gasteiger partial charge in [0.15, 0.2) is 11.0 Å². The molecule has 0 aromatic carbocycles. The first-order valence-corrected chi connectivity index (χ1v) is 8.37. The van der Waals surface area contributed by atoms with E-state index in [1.165, 1.54) is 0 Å². The van der Waals surface area contributed by atoms with E-state index in [-0.39, 0.29) is 0 Å². The normalized spacial score (nSPS) is 15.3. The Labute approximate surface area is 138 Å². The maximum atomic E-state index is 5.40. The van der Waals surface area contributed by atoms with Gasteiger partial charge in [0.25, 0.3) is 0 Å². The lowest BCUT2D eigenvalue weighted by Gasteiger charge is -2.25. The summed E-state index contributed by atoms with van der Waals surface area (Å²) in [5, 5.41) is 5.44. The molecule has 0 radical (unpaired) electrons. The smallest absolute Gasteiger partial charge is 0.186 e. The molecule has 1 aliphatic heterocycles. The predicted octanol–water partition coefficient (Wildman–Crippen LogP) is 1.87. The molecule has 1 aliphatic rings. The van der Waals surface area contributed by atoms with Crippen LogP contribution in [0.4, 0.5) is 5.13 Å². The van der Waals surface area contributed by atoms with Crippen molar-refractivity contribution in [2.75, 3.05) is 31.2 Å². The lowest BCUT2D eigenvalue weighted by atomic mass is 10.4. The minimum absolute atomic E-state index is 0.762. The first-order valence-electron chi connectivity index (χ1n) is 7.55. The summed E-state index contributed by atoms with van der Waals surface area (Å²) >= 11 is 1.67. The third-order valence-electron chi connectivity index (χ3n) is 3.88. The van der Waals surface area contributed by atoms with Crippen molar-refractivity contribution in [3.63, 3.8) is 0 Å². The molecule has 8 heteroatoms. The lowest BCUT2D eigenvalue weighted by molar-refractivity contribution is 0.122. The molecule has 0 aliphatic carbocycles. The van der Waals surface area contributed by atoms with Crippen molar-refractivity contribution < 1.29 is 4.74 Å². The second-order valence-corrected chi connectivity index (χ2v) is 6.51. The third kappa shape index (κ3) is 2.64. The van der Waals surface area contributed by atoms with Crippen LogP contribution in [0, 0.1) is 6.92 Å². The summed E-state index contributed by atoms with van der Waals surface area (Å²) in [5.41, 5.74) is 2.02. The van der Waals surface area contributed by atoms with Gasteiger partial charge in [-0.25, -0.2) is 9.97 Å². The standard InChI is InChI=1S/C15H18N6OS/c1-11-12(10-19(2)18-11)21-4-3-16-14(21)13-9-17-15(23-13)20-5-7-22-8-6-20/h3-4,9-10H,5-8H2,1-2H3. The van der Waals surface area contributed by atoms with Crippen molar-refractivity contribution in [1.82, 2.24) is 24.3 Å². The van der Waals surface area contributed by atoms with Crippen molar-refractivity contribution in [3.8, 4) is 16.4 Å². The average molecular weight is 330 g/mol. The third-order valence-corrected chi connectivity index (χ3v) is 4.94. The fourth-order valence-electron chi connectivity index (χ4n) is 2.77. The lowest BCUT2D eigenvalue weighted by Crippen LogP contribution is -2.36. The van der Waals surface area contributed by atoms with Gasteiger partial charge in [-0.2, -0.15) is 5.10 Å². The summed E-state index contributed by atoms with van der Waals surface area (Å²) in [6.07, 6.45) is 7.69. The fraction of sp³-hybridized carbons (Fsp3) is 0.400. The second kappa shape index (κ2) is 5.78. The van der Waals surface area contributed by atoms with E-state index in [1.54, 1.807) is 11.3 Å². The number of aromatic nitrogens is 5. The molecular weight excluding hydrogens is 312 g/mol. The van der Waals surface area contributed by atoms with E-state index >= 15 is 0 Å². The molecule has 0 N–H and O–H groups in total. The summed E-state index contributed by atoms with van der Waals surface area (Å²) < 4.78 is 9.29. The van der Waals surface area contributed by atoms with Crippen molar-refractivity contribution >= 4 is 16.5 Å². The van der Waals surface area contributed by atoms with Gasteiger partial charge in [0.1, 0.15) is 0 Å². The van der Waals surface area contributed by atoms with Gasteiger partial charge >= 0.3 is 0 Å². The van der Waals surface area contributed by atoms with Gasteiger partial charge in [-0.1, -0.05) is 11.3 Å². The molecule has 4 rings (SSSR count). The summed E-state index contributed by atoms with van der Waals surface area (Å²) in [7, 11) is 1.93. The summed E-state index contributed by atoms with van der Waals surface area (Å²) in [5.74, 6) is 0.901. The van der Waals surface area contributed by atoms with Crippen LogP contribution in [-0.2, 0) is 11.8 Å². The zero-order valence-electron chi connectivity index (χ0n) is 13.1. The Kier molecular flexibility index (Phi) is 3.62. The zero-order valence-corrected chi connectivity index (χ0v) is 14.0. The quantitative estimate of drug-likeness (QED) is 0.734. The molecule has 1 saturated heterocycles. The van der Waals surface area contributed by atoms with E-state index in [2.05, 4.69) is 24.5 Å². The molecular formula is C15H18N6OS. The first-order chi connectivity index (χ1) is 11.2. The number of aryl methyl sites for hydroxylation is 2. The van der Waals surface area contributed by atoms with Gasteiger partial charge < -0.3 is 9.64 Å². The number of anilines is 1. The average Bonchev–Trinajstić information content (AvgIpc) is 3.27. The molecule has 1 fully saturated rings. The maximum absolute atomic E-state index is 5.40. The van der Waals surface area contributed by atoms with Crippen LogP contribution in [0.25, 0.3) is 16.4 Å². The Bertz CT molecular complexity index is 814. The molecule has 0 unspecified atom stereocenters. The number of morpholine rings is 1. The van der Waals surface area contributed by atoms with Crippen LogP contribution < -0.4 is 4.90 Å². The predicted molar refractivity (Wildman–Crippen MR) is 89.2 cm³/mol. The van der Waals surface area contributed by atoms with Crippen LogP contribution in [0.2, 0.25) is 0 Å². The Morgan fingerprint density at radius 2 is 2.04 bits per heavy atom. The molecule has 0 bridgehead atoms. The van der Waals surface area contributed by atoms with Gasteiger partial charge in [-0.3, -0.25) is 9.25 Å². The minimum atomic E-state index is 0.762. The van der Waals surface area contributed by atoms with Crippen LogP contribution in [0.1, 0.15) is 5.69 Å². The monoisotopic (exact) mass is 330 g/mol. The van der Waals surface area contributed by atoms with E-state index in [9.17, 15) is 0 Å². The van der Waals surface area contributed by atoms with Gasteiger partial charge in [-0.15, -0.1) is 0 Å². The van der Waals surface area contributed by atoms with Crippen molar-refractivity contribution in [2.45, 2.75) is 6.92 Å². The molecule has 4 heterocycles. The van der Waals surface area contributed by atoms with E-state index in [1.807, 2.05) is 43.4 Å². The van der Waals surface area contributed by atoms with Gasteiger partial charge in [0.2, 0.25) is 0 Å². The number of nitrogens with zero attached hydrogens (tertiary/aromatic N) is 6. The SMILES string of the molecule is Cc1nn(C)cc1-n1ccnc1-c1cnc(N2CCOCC2)s1. The Morgan fingerprint density at radius 3 is 2.78 bits per heavy atom. The number of hydrogen-bond donors (Lipinski definition) is 0. The van der Waals surface area contributed by atoms with Crippen LogP contribution >= 0.6 is 11.3 Å². The molecule has 3 aromatic heterocycles. The Balaban J connectivity index is 1.68. The summed E-state index contributed by atoms with van der Waals surface area (Å²) in [6.45, 7) is 5.31. The number of imidazole rings is 1.